The molecule has 1 N–H and O–H groups in total. The lowest BCUT2D eigenvalue weighted by Crippen LogP contribution is -2.38. The molecule has 0 saturated carbocycles. The molecule has 0 radical (unpaired) electrons. The van der Waals surface area contributed by atoms with E-state index >= 15 is 0 Å². The first-order chi connectivity index (χ1) is 12.1. The Balaban J connectivity index is 1.96. The van der Waals surface area contributed by atoms with E-state index in [1.165, 1.54) is 7.11 Å². The molecule has 6 nitrogen and oxygen atoms in total. The third-order valence-corrected chi connectivity index (χ3v) is 4.40. The maximum Gasteiger partial charge on any atom is 0.251 e. The van der Waals surface area contributed by atoms with Crippen LogP contribution >= 0.6 is 11.6 Å². The molecule has 0 unspecified atom stereocenters. The quantitative estimate of drug-likeness (QED) is 0.803. The fourth-order valence-corrected chi connectivity index (χ4v) is 3.08. The van der Waals surface area contributed by atoms with Gasteiger partial charge in [0.2, 0.25) is 5.91 Å². The predicted molar refractivity (Wildman–Crippen MR) is 96.6 cm³/mol. The van der Waals surface area contributed by atoms with Crippen LogP contribution in [0.1, 0.15) is 43.0 Å². The van der Waals surface area contributed by atoms with Gasteiger partial charge in [0.15, 0.2) is 11.5 Å². The number of amides is 2. The molecule has 2 amide bonds. The van der Waals surface area contributed by atoms with Crippen molar-refractivity contribution >= 4 is 23.4 Å². The lowest BCUT2D eigenvalue weighted by Gasteiger charge is -2.20. The standard InChI is InChI=1S/C18H25ClN2O4/c1-3-25-17-14(19)11-13(12-15(17)24-2)18(23)20-8-10-21-9-6-4-5-7-16(21)22/h11-12H,3-10H2,1-2H3,(H,20,23). The van der Waals surface area contributed by atoms with Crippen molar-refractivity contribution in [3.63, 3.8) is 0 Å². The number of rotatable bonds is 7. The van der Waals surface area contributed by atoms with Crippen LogP contribution in [0.5, 0.6) is 11.5 Å². The number of hydrogen-bond donors (Lipinski definition) is 1. The van der Waals surface area contributed by atoms with Gasteiger partial charge in [0.25, 0.3) is 5.91 Å². The number of methoxy groups -OCH3 is 1. The van der Waals surface area contributed by atoms with E-state index in [0.717, 1.165) is 25.8 Å². The highest BCUT2D eigenvalue weighted by molar-refractivity contribution is 6.32. The van der Waals surface area contributed by atoms with Crippen molar-refractivity contribution in [2.24, 2.45) is 0 Å². The summed E-state index contributed by atoms with van der Waals surface area (Å²) in [5.41, 5.74) is 0.396. The molecule has 1 saturated heterocycles. The highest BCUT2D eigenvalue weighted by Crippen LogP contribution is 2.36. The van der Waals surface area contributed by atoms with Gasteiger partial charge in [-0.1, -0.05) is 18.0 Å². The Hall–Kier alpha value is -1.95. The summed E-state index contributed by atoms with van der Waals surface area (Å²) < 4.78 is 10.7. The molecule has 1 heterocycles. The summed E-state index contributed by atoms with van der Waals surface area (Å²) in [4.78, 5) is 26.1. The topological polar surface area (TPSA) is 67.9 Å². The fourth-order valence-electron chi connectivity index (χ4n) is 2.82. The Kier molecular flexibility index (Phi) is 7.37. The van der Waals surface area contributed by atoms with Crippen LogP contribution in [-0.4, -0.2) is 50.1 Å². The number of halogens is 1. The average molecular weight is 369 g/mol. The minimum atomic E-state index is -0.259. The van der Waals surface area contributed by atoms with Gasteiger partial charge >= 0.3 is 0 Å². The number of nitrogens with one attached hydrogen (secondary N) is 1. The number of hydrogen-bond acceptors (Lipinski definition) is 4. The molecular formula is C18H25ClN2O4. The highest BCUT2D eigenvalue weighted by Gasteiger charge is 2.18. The lowest BCUT2D eigenvalue weighted by molar-refractivity contribution is -0.130. The van der Waals surface area contributed by atoms with Gasteiger partial charge in [-0.3, -0.25) is 9.59 Å². The first-order valence-electron chi connectivity index (χ1n) is 8.63. The van der Waals surface area contributed by atoms with Gasteiger partial charge in [-0.2, -0.15) is 0 Å². The molecule has 0 bridgehead atoms. The smallest absolute Gasteiger partial charge is 0.251 e. The summed E-state index contributed by atoms with van der Waals surface area (Å²) in [6.45, 7) is 3.98. The zero-order valence-electron chi connectivity index (χ0n) is 14.8. The van der Waals surface area contributed by atoms with Crippen LogP contribution in [0.3, 0.4) is 0 Å². The molecule has 0 atom stereocenters. The number of benzene rings is 1. The zero-order chi connectivity index (χ0) is 18.2. The Morgan fingerprint density at radius 1 is 1.32 bits per heavy atom. The van der Waals surface area contributed by atoms with Crippen molar-refractivity contribution in [3.8, 4) is 11.5 Å². The van der Waals surface area contributed by atoms with E-state index in [1.807, 2.05) is 11.8 Å². The van der Waals surface area contributed by atoms with Gasteiger partial charge in [0.05, 0.1) is 18.7 Å². The van der Waals surface area contributed by atoms with E-state index in [-0.39, 0.29) is 11.8 Å². The third-order valence-electron chi connectivity index (χ3n) is 4.12. The van der Waals surface area contributed by atoms with Gasteiger partial charge in [-0.15, -0.1) is 0 Å². The normalized spacial score (nSPS) is 14.8. The lowest BCUT2D eigenvalue weighted by atomic mass is 10.2. The van der Waals surface area contributed by atoms with Crippen LogP contribution in [-0.2, 0) is 4.79 Å². The van der Waals surface area contributed by atoms with Crippen molar-refractivity contribution in [2.45, 2.75) is 32.6 Å². The summed E-state index contributed by atoms with van der Waals surface area (Å²) in [6, 6.07) is 3.16. The van der Waals surface area contributed by atoms with Crippen LogP contribution in [0.4, 0.5) is 0 Å². The minimum Gasteiger partial charge on any atom is -0.493 e. The molecule has 25 heavy (non-hydrogen) atoms. The van der Waals surface area contributed by atoms with Gasteiger partial charge in [0.1, 0.15) is 0 Å². The first kappa shape index (κ1) is 19.4. The Morgan fingerprint density at radius 3 is 2.84 bits per heavy atom. The molecule has 1 aromatic rings. The highest BCUT2D eigenvalue weighted by atomic mass is 35.5. The number of carbonyl (C=O) groups is 2. The molecule has 1 fully saturated rings. The summed E-state index contributed by atoms with van der Waals surface area (Å²) in [5.74, 6) is 0.753. The summed E-state index contributed by atoms with van der Waals surface area (Å²) >= 11 is 6.19. The van der Waals surface area contributed by atoms with E-state index in [9.17, 15) is 9.59 Å². The second-order valence-corrected chi connectivity index (χ2v) is 6.28. The van der Waals surface area contributed by atoms with Gasteiger partial charge in [0, 0.05) is 31.6 Å². The molecule has 7 heteroatoms. The number of likely N-dealkylation sites (tertiary alicyclic amines) is 1. The van der Waals surface area contributed by atoms with Crippen molar-refractivity contribution in [2.75, 3.05) is 33.4 Å². The Morgan fingerprint density at radius 2 is 2.12 bits per heavy atom. The molecule has 2 rings (SSSR count). The van der Waals surface area contributed by atoms with Crippen LogP contribution in [0.2, 0.25) is 5.02 Å². The van der Waals surface area contributed by atoms with Crippen molar-refractivity contribution in [1.29, 1.82) is 0 Å². The van der Waals surface area contributed by atoms with Gasteiger partial charge in [-0.05, 0) is 31.9 Å². The third kappa shape index (κ3) is 5.26. The summed E-state index contributed by atoms with van der Waals surface area (Å²) in [6.07, 6.45) is 3.65. The Bertz CT molecular complexity index is 621. The SMILES string of the molecule is CCOc1c(Cl)cc(C(=O)NCCN2CCCCCC2=O)cc1OC. The Labute approximate surface area is 153 Å². The molecule has 0 aromatic heterocycles. The van der Waals surface area contributed by atoms with E-state index in [2.05, 4.69) is 5.32 Å². The molecule has 1 aliphatic heterocycles. The molecular weight excluding hydrogens is 344 g/mol. The fraction of sp³-hybridized carbons (Fsp3) is 0.556. The van der Waals surface area contributed by atoms with Crippen LogP contribution in [0.15, 0.2) is 12.1 Å². The number of ether oxygens (including phenoxy) is 2. The maximum atomic E-state index is 12.4. The maximum absolute atomic E-state index is 12.4. The van der Waals surface area contributed by atoms with Crippen molar-refractivity contribution in [1.82, 2.24) is 10.2 Å². The first-order valence-corrected chi connectivity index (χ1v) is 9.01. The zero-order valence-corrected chi connectivity index (χ0v) is 15.5. The number of nitrogens with zero attached hydrogens (tertiary/aromatic N) is 1. The molecule has 0 aliphatic carbocycles. The monoisotopic (exact) mass is 368 g/mol. The van der Waals surface area contributed by atoms with E-state index in [1.54, 1.807) is 12.1 Å². The molecule has 1 aromatic carbocycles. The van der Waals surface area contributed by atoms with Crippen LogP contribution in [0, 0.1) is 0 Å². The summed E-state index contributed by atoms with van der Waals surface area (Å²) in [5, 5.41) is 3.16. The van der Waals surface area contributed by atoms with Gasteiger partial charge < -0.3 is 19.7 Å². The molecule has 138 valence electrons. The van der Waals surface area contributed by atoms with E-state index in [4.69, 9.17) is 21.1 Å². The van der Waals surface area contributed by atoms with Gasteiger partial charge in [-0.25, -0.2) is 0 Å². The minimum absolute atomic E-state index is 0.164. The summed E-state index contributed by atoms with van der Waals surface area (Å²) in [7, 11) is 1.50. The number of carbonyl (C=O) groups excluding carboxylic acids is 2. The van der Waals surface area contributed by atoms with Crippen LogP contribution in [0.25, 0.3) is 0 Å². The molecule has 0 spiro atoms. The van der Waals surface area contributed by atoms with Crippen LogP contribution < -0.4 is 14.8 Å². The second-order valence-electron chi connectivity index (χ2n) is 5.87. The molecule has 1 aliphatic rings. The average Bonchev–Trinajstić information content (AvgIpc) is 2.81. The second kappa shape index (κ2) is 9.51. The largest absolute Gasteiger partial charge is 0.493 e. The van der Waals surface area contributed by atoms with Crippen molar-refractivity contribution in [3.05, 3.63) is 22.7 Å². The van der Waals surface area contributed by atoms with E-state index in [0.29, 0.717) is 48.2 Å². The van der Waals surface area contributed by atoms with Crippen molar-refractivity contribution < 1.29 is 19.1 Å². The predicted octanol–water partition coefficient (Wildman–Crippen LogP) is 2.88. The van der Waals surface area contributed by atoms with E-state index < -0.39 is 0 Å².